The summed E-state index contributed by atoms with van der Waals surface area (Å²) in [5.41, 5.74) is 1.08. The zero-order valence-corrected chi connectivity index (χ0v) is 12.0. The minimum absolute atomic E-state index is 0.196. The molecule has 0 N–H and O–H groups in total. The van der Waals surface area contributed by atoms with Crippen LogP contribution in [-0.2, 0) is 9.53 Å². The van der Waals surface area contributed by atoms with Gasteiger partial charge in [-0.15, -0.1) is 0 Å². The predicted octanol–water partition coefficient (Wildman–Crippen LogP) is 3.27. The number of halogens is 2. The lowest BCUT2D eigenvalue weighted by atomic mass is 10.1. The van der Waals surface area contributed by atoms with Crippen LogP contribution in [0.2, 0.25) is 0 Å². The van der Waals surface area contributed by atoms with Gasteiger partial charge in [0.05, 0.1) is 6.61 Å². The molecule has 0 bridgehead atoms. The van der Waals surface area contributed by atoms with E-state index >= 15 is 0 Å². The van der Waals surface area contributed by atoms with Gasteiger partial charge >= 0.3 is 5.97 Å². The zero-order chi connectivity index (χ0) is 12.3. The van der Waals surface area contributed by atoms with Crippen molar-refractivity contribution in [2.75, 3.05) is 6.61 Å². The van der Waals surface area contributed by atoms with Crippen molar-refractivity contribution in [2.45, 2.75) is 13.8 Å². The van der Waals surface area contributed by atoms with Crippen LogP contribution in [0.5, 0.6) is 0 Å². The highest BCUT2D eigenvalue weighted by atomic mass is 79.9. The van der Waals surface area contributed by atoms with Crippen molar-refractivity contribution in [1.29, 1.82) is 0 Å². The minimum Gasteiger partial charge on any atom is -0.460 e. The van der Waals surface area contributed by atoms with Crippen molar-refractivity contribution in [3.63, 3.8) is 0 Å². The molecule has 0 fully saturated rings. The number of rotatable bonds is 3. The van der Waals surface area contributed by atoms with Crippen LogP contribution in [0.15, 0.2) is 21.1 Å². The highest BCUT2D eigenvalue weighted by Crippen LogP contribution is 2.26. The Bertz CT molecular complexity index is 441. The fourth-order valence-corrected chi connectivity index (χ4v) is 2.00. The first kappa shape index (κ1) is 13.4. The quantitative estimate of drug-likeness (QED) is 0.478. The van der Waals surface area contributed by atoms with E-state index in [1.807, 2.05) is 0 Å². The molecule has 5 heteroatoms. The molecule has 1 aromatic rings. The van der Waals surface area contributed by atoms with E-state index in [1.54, 1.807) is 26.0 Å². The van der Waals surface area contributed by atoms with Crippen LogP contribution in [-0.4, -0.2) is 18.4 Å². The Kier molecular flexibility index (Phi) is 4.68. The average Bonchev–Trinajstić information content (AvgIpc) is 2.23. The Morgan fingerprint density at radius 2 is 1.81 bits per heavy atom. The smallest absolute Gasteiger partial charge is 0.379 e. The molecule has 0 heterocycles. The van der Waals surface area contributed by atoms with Crippen LogP contribution < -0.4 is 0 Å². The van der Waals surface area contributed by atoms with Crippen molar-refractivity contribution in [1.82, 2.24) is 0 Å². The molecule has 0 aliphatic heterocycles. The Morgan fingerprint density at radius 3 is 2.38 bits per heavy atom. The molecule has 0 aliphatic carbocycles. The lowest BCUT2D eigenvalue weighted by molar-refractivity contribution is -0.137. The molecule has 3 nitrogen and oxygen atoms in total. The van der Waals surface area contributed by atoms with Gasteiger partial charge in [0.15, 0.2) is 0 Å². The maximum atomic E-state index is 11.7. The zero-order valence-electron chi connectivity index (χ0n) is 8.84. The number of benzene rings is 1. The molecule has 0 atom stereocenters. The molecular formula is C11H10Br2O3. The molecule has 16 heavy (non-hydrogen) atoms. The number of Topliss-reactive ketones (excluding diaryl/α,β-unsaturated/α-hetero) is 1. The summed E-state index contributed by atoms with van der Waals surface area (Å²) in [6.45, 7) is 3.63. The van der Waals surface area contributed by atoms with E-state index in [0.717, 1.165) is 14.5 Å². The third-order valence-corrected chi connectivity index (χ3v) is 3.82. The number of hydrogen-bond donors (Lipinski definition) is 0. The summed E-state index contributed by atoms with van der Waals surface area (Å²) in [5.74, 6) is -1.44. The number of carbonyl (C=O) groups excluding carboxylic acids is 2. The molecule has 86 valence electrons. The topological polar surface area (TPSA) is 43.4 Å². The molecule has 0 unspecified atom stereocenters. The van der Waals surface area contributed by atoms with Crippen LogP contribution in [0.25, 0.3) is 0 Å². The molecule has 0 radical (unpaired) electrons. The molecule has 0 spiro atoms. The number of hydrogen-bond acceptors (Lipinski definition) is 3. The predicted molar refractivity (Wildman–Crippen MR) is 67.5 cm³/mol. The summed E-state index contributed by atoms with van der Waals surface area (Å²) in [6.07, 6.45) is 0. The van der Waals surface area contributed by atoms with Crippen LogP contribution in [0.1, 0.15) is 22.8 Å². The number of esters is 1. The van der Waals surface area contributed by atoms with E-state index in [2.05, 4.69) is 36.6 Å². The first-order valence-corrected chi connectivity index (χ1v) is 6.23. The fraction of sp³-hybridized carbons (Fsp3) is 0.273. The van der Waals surface area contributed by atoms with Crippen LogP contribution in [0.3, 0.4) is 0 Å². The van der Waals surface area contributed by atoms with E-state index in [1.165, 1.54) is 0 Å². The first-order valence-electron chi connectivity index (χ1n) is 4.64. The average molecular weight is 350 g/mol. The Morgan fingerprint density at radius 1 is 1.25 bits per heavy atom. The van der Waals surface area contributed by atoms with Gasteiger partial charge in [0, 0.05) is 14.5 Å². The second-order valence-corrected chi connectivity index (χ2v) is 4.84. The van der Waals surface area contributed by atoms with E-state index in [-0.39, 0.29) is 6.61 Å². The Labute approximate surface area is 110 Å². The van der Waals surface area contributed by atoms with Crippen molar-refractivity contribution < 1.29 is 14.3 Å². The van der Waals surface area contributed by atoms with Gasteiger partial charge in [0.2, 0.25) is 0 Å². The van der Waals surface area contributed by atoms with Crippen LogP contribution >= 0.6 is 31.9 Å². The summed E-state index contributed by atoms with van der Waals surface area (Å²) in [6, 6.07) is 3.38. The van der Waals surface area contributed by atoms with Crippen molar-refractivity contribution in [3.8, 4) is 0 Å². The highest BCUT2D eigenvalue weighted by molar-refractivity contribution is 9.13. The van der Waals surface area contributed by atoms with Gasteiger partial charge in [-0.05, 0) is 63.4 Å². The Balaban J connectivity index is 3.09. The Hall–Kier alpha value is -0.680. The number of ether oxygens (including phenoxy) is 1. The van der Waals surface area contributed by atoms with Gasteiger partial charge in [0.1, 0.15) is 0 Å². The SMILES string of the molecule is CCOC(=O)C(=O)c1cc(Br)c(Br)cc1C. The normalized spacial score (nSPS) is 10.0. The lowest BCUT2D eigenvalue weighted by Gasteiger charge is -2.06. The van der Waals surface area contributed by atoms with E-state index in [0.29, 0.717) is 5.56 Å². The summed E-state index contributed by atoms with van der Waals surface area (Å²) in [4.78, 5) is 23.0. The van der Waals surface area contributed by atoms with E-state index in [9.17, 15) is 9.59 Å². The van der Waals surface area contributed by atoms with Crippen LogP contribution in [0, 0.1) is 6.92 Å². The summed E-state index contributed by atoms with van der Waals surface area (Å²) < 4.78 is 6.23. The van der Waals surface area contributed by atoms with Gasteiger partial charge in [-0.1, -0.05) is 0 Å². The van der Waals surface area contributed by atoms with Gasteiger partial charge in [0.25, 0.3) is 5.78 Å². The van der Waals surface area contributed by atoms with Gasteiger partial charge < -0.3 is 4.74 Å². The molecule has 0 amide bonds. The second-order valence-electron chi connectivity index (χ2n) is 3.13. The molecule has 0 saturated carbocycles. The van der Waals surface area contributed by atoms with E-state index < -0.39 is 11.8 Å². The molecular weight excluding hydrogens is 340 g/mol. The van der Waals surface area contributed by atoms with Gasteiger partial charge in [-0.2, -0.15) is 0 Å². The van der Waals surface area contributed by atoms with Crippen molar-refractivity contribution >= 4 is 43.6 Å². The van der Waals surface area contributed by atoms with Crippen LogP contribution in [0.4, 0.5) is 0 Å². The maximum Gasteiger partial charge on any atom is 0.379 e. The van der Waals surface area contributed by atoms with Gasteiger partial charge in [-0.25, -0.2) is 4.79 Å². The first-order chi connectivity index (χ1) is 7.47. The lowest BCUT2D eigenvalue weighted by Crippen LogP contribution is -2.18. The third-order valence-electron chi connectivity index (χ3n) is 1.97. The molecule has 0 aliphatic rings. The highest BCUT2D eigenvalue weighted by Gasteiger charge is 2.20. The monoisotopic (exact) mass is 348 g/mol. The van der Waals surface area contributed by atoms with Crippen molar-refractivity contribution in [2.24, 2.45) is 0 Å². The van der Waals surface area contributed by atoms with Gasteiger partial charge in [-0.3, -0.25) is 4.79 Å². The standard InChI is InChI=1S/C11H10Br2O3/c1-3-16-11(15)10(14)7-5-9(13)8(12)4-6(7)2/h4-5H,3H2,1-2H3. The third kappa shape index (κ3) is 2.92. The number of aryl methyl sites for hydroxylation is 1. The largest absolute Gasteiger partial charge is 0.460 e. The molecule has 0 aromatic heterocycles. The summed E-state index contributed by atoms with van der Waals surface area (Å²) >= 11 is 6.61. The fourth-order valence-electron chi connectivity index (χ4n) is 1.20. The molecule has 0 saturated heterocycles. The summed E-state index contributed by atoms with van der Waals surface area (Å²) in [5, 5.41) is 0. The maximum absolute atomic E-state index is 11.7. The molecule has 1 aromatic carbocycles. The number of carbonyl (C=O) groups is 2. The van der Waals surface area contributed by atoms with Crippen molar-refractivity contribution in [3.05, 3.63) is 32.2 Å². The summed E-state index contributed by atoms with van der Waals surface area (Å²) in [7, 11) is 0. The minimum atomic E-state index is -0.820. The molecule has 1 rings (SSSR count). The van der Waals surface area contributed by atoms with E-state index in [4.69, 9.17) is 0 Å². The number of ketones is 1. The second kappa shape index (κ2) is 5.59.